The molecule has 0 bridgehead atoms. The number of hydrogen-bond acceptors (Lipinski definition) is 4. The molecule has 2 rings (SSSR count). The summed E-state index contributed by atoms with van der Waals surface area (Å²) in [6.45, 7) is 4.43. The third-order valence-electron chi connectivity index (χ3n) is 3.25. The van der Waals surface area contributed by atoms with Crippen molar-refractivity contribution in [3.63, 3.8) is 0 Å². The quantitative estimate of drug-likeness (QED) is 0.790. The lowest BCUT2D eigenvalue weighted by atomic mass is 10.2. The van der Waals surface area contributed by atoms with Gasteiger partial charge in [-0.25, -0.2) is 4.79 Å². The molecule has 1 aliphatic rings. The Bertz CT molecular complexity index is 569. The van der Waals surface area contributed by atoms with Crippen LogP contribution in [0.4, 0.5) is 0 Å². The maximum atomic E-state index is 12.1. The number of carbonyl (C=O) groups is 2. The van der Waals surface area contributed by atoms with E-state index < -0.39 is 5.97 Å². The van der Waals surface area contributed by atoms with E-state index in [0.717, 1.165) is 0 Å². The molecule has 1 aromatic rings. The molecule has 5 nitrogen and oxygen atoms in total. The second kappa shape index (κ2) is 7.31. The zero-order valence-electron chi connectivity index (χ0n) is 12.3. The predicted molar refractivity (Wildman–Crippen MR) is 83.3 cm³/mol. The summed E-state index contributed by atoms with van der Waals surface area (Å²) in [5.41, 5.74) is 0.144. The summed E-state index contributed by atoms with van der Waals surface area (Å²) in [7, 11) is 0. The molecule has 1 amide bonds. The van der Waals surface area contributed by atoms with E-state index in [0.29, 0.717) is 18.1 Å². The molecule has 0 saturated carbocycles. The third kappa shape index (κ3) is 4.35. The van der Waals surface area contributed by atoms with Crippen LogP contribution < -0.4 is 0 Å². The van der Waals surface area contributed by atoms with Crippen molar-refractivity contribution in [2.75, 3.05) is 19.7 Å². The Kier molecular flexibility index (Phi) is 5.67. The molecule has 1 saturated heterocycles. The molecule has 120 valence electrons. The van der Waals surface area contributed by atoms with Gasteiger partial charge in [0.25, 0.3) is 5.91 Å². The van der Waals surface area contributed by atoms with Crippen LogP contribution in [0.1, 0.15) is 24.2 Å². The van der Waals surface area contributed by atoms with Gasteiger partial charge in [-0.2, -0.15) is 0 Å². The average Bonchev–Trinajstić information content (AvgIpc) is 2.45. The van der Waals surface area contributed by atoms with Crippen LogP contribution in [0.25, 0.3) is 0 Å². The van der Waals surface area contributed by atoms with Crippen LogP contribution in [0.2, 0.25) is 10.0 Å². The van der Waals surface area contributed by atoms with Gasteiger partial charge in [0.1, 0.15) is 0 Å². The fraction of sp³-hybridized carbons (Fsp3) is 0.467. The van der Waals surface area contributed by atoms with E-state index in [-0.39, 0.29) is 35.3 Å². The van der Waals surface area contributed by atoms with Gasteiger partial charge in [-0.05, 0) is 32.0 Å². The minimum absolute atomic E-state index is 0.0363. The summed E-state index contributed by atoms with van der Waals surface area (Å²) >= 11 is 11.7. The van der Waals surface area contributed by atoms with Crippen LogP contribution in [0.3, 0.4) is 0 Å². The molecule has 0 radical (unpaired) electrons. The maximum absolute atomic E-state index is 12.1. The Morgan fingerprint density at radius 1 is 1.27 bits per heavy atom. The number of rotatable bonds is 3. The Morgan fingerprint density at radius 2 is 1.91 bits per heavy atom. The average molecular weight is 346 g/mol. The number of halogens is 2. The second-order valence-corrected chi connectivity index (χ2v) is 6.10. The zero-order valence-corrected chi connectivity index (χ0v) is 13.9. The lowest BCUT2D eigenvalue weighted by Gasteiger charge is -2.35. The SMILES string of the molecule is C[C@@H]1CN(C(=O)COC(=O)c2cc(Cl)ccc2Cl)C[C@H](C)O1. The van der Waals surface area contributed by atoms with Crippen LogP contribution in [0, 0.1) is 0 Å². The van der Waals surface area contributed by atoms with Crippen molar-refractivity contribution < 1.29 is 19.1 Å². The number of ether oxygens (including phenoxy) is 2. The van der Waals surface area contributed by atoms with Crippen LogP contribution in [0.5, 0.6) is 0 Å². The van der Waals surface area contributed by atoms with E-state index in [1.807, 2.05) is 13.8 Å². The fourth-order valence-corrected chi connectivity index (χ4v) is 2.70. The molecule has 0 spiro atoms. The number of benzene rings is 1. The first kappa shape index (κ1) is 17.1. The highest BCUT2D eigenvalue weighted by molar-refractivity contribution is 6.35. The summed E-state index contributed by atoms with van der Waals surface area (Å²) < 4.78 is 10.6. The van der Waals surface area contributed by atoms with E-state index in [1.165, 1.54) is 12.1 Å². The Balaban J connectivity index is 1.93. The molecule has 0 aromatic heterocycles. The Labute approximate surface area is 139 Å². The molecule has 2 atom stereocenters. The topological polar surface area (TPSA) is 55.8 Å². The third-order valence-corrected chi connectivity index (χ3v) is 3.81. The largest absolute Gasteiger partial charge is 0.452 e. The first-order chi connectivity index (χ1) is 10.4. The van der Waals surface area contributed by atoms with Crippen molar-refractivity contribution in [2.45, 2.75) is 26.1 Å². The number of morpholine rings is 1. The number of carbonyl (C=O) groups excluding carboxylic acids is 2. The van der Waals surface area contributed by atoms with Crippen LogP contribution in [-0.4, -0.2) is 48.7 Å². The van der Waals surface area contributed by atoms with Gasteiger partial charge in [0.05, 0.1) is 22.8 Å². The molecule has 22 heavy (non-hydrogen) atoms. The number of esters is 1. The van der Waals surface area contributed by atoms with Crippen LogP contribution in [0.15, 0.2) is 18.2 Å². The molecule has 1 fully saturated rings. The standard InChI is InChI=1S/C15H17Cl2NO4/c1-9-6-18(7-10(2)22-9)14(19)8-21-15(20)12-5-11(16)3-4-13(12)17/h3-5,9-10H,6-8H2,1-2H3/t9-,10+. The maximum Gasteiger partial charge on any atom is 0.340 e. The van der Waals surface area contributed by atoms with E-state index in [2.05, 4.69) is 0 Å². The van der Waals surface area contributed by atoms with Crippen molar-refractivity contribution >= 4 is 35.1 Å². The van der Waals surface area contributed by atoms with E-state index in [4.69, 9.17) is 32.7 Å². The summed E-state index contributed by atoms with van der Waals surface area (Å²) in [4.78, 5) is 25.7. The first-order valence-corrected chi connectivity index (χ1v) is 7.68. The molecule has 1 heterocycles. The van der Waals surface area contributed by atoms with Crippen molar-refractivity contribution in [1.82, 2.24) is 4.90 Å². The minimum Gasteiger partial charge on any atom is -0.452 e. The van der Waals surface area contributed by atoms with Gasteiger partial charge >= 0.3 is 5.97 Å². The number of hydrogen-bond donors (Lipinski definition) is 0. The van der Waals surface area contributed by atoms with Crippen molar-refractivity contribution in [1.29, 1.82) is 0 Å². The summed E-state index contributed by atoms with van der Waals surface area (Å²) in [5, 5.41) is 0.606. The molecular weight excluding hydrogens is 329 g/mol. The van der Waals surface area contributed by atoms with Gasteiger partial charge in [-0.3, -0.25) is 4.79 Å². The monoisotopic (exact) mass is 345 g/mol. The predicted octanol–water partition coefficient (Wildman–Crippen LogP) is 2.79. The van der Waals surface area contributed by atoms with Gasteiger partial charge in [-0.1, -0.05) is 23.2 Å². The van der Waals surface area contributed by atoms with Gasteiger partial charge in [-0.15, -0.1) is 0 Å². The number of amides is 1. The van der Waals surface area contributed by atoms with E-state index in [1.54, 1.807) is 11.0 Å². The molecular formula is C15H17Cl2NO4. The minimum atomic E-state index is -0.671. The first-order valence-electron chi connectivity index (χ1n) is 6.92. The van der Waals surface area contributed by atoms with Crippen molar-refractivity contribution in [2.24, 2.45) is 0 Å². The van der Waals surface area contributed by atoms with E-state index in [9.17, 15) is 9.59 Å². The Hall–Kier alpha value is -1.30. The van der Waals surface area contributed by atoms with Gasteiger partial charge in [0.2, 0.25) is 0 Å². The fourth-order valence-electron chi connectivity index (χ4n) is 2.33. The van der Waals surface area contributed by atoms with Crippen molar-refractivity contribution in [3.05, 3.63) is 33.8 Å². The molecule has 0 aliphatic carbocycles. The second-order valence-electron chi connectivity index (χ2n) is 5.26. The van der Waals surface area contributed by atoms with Gasteiger partial charge in [0, 0.05) is 18.1 Å². The highest BCUT2D eigenvalue weighted by Crippen LogP contribution is 2.21. The lowest BCUT2D eigenvalue weighted by Crippen LogP contribution is -2.49. The molecule has 1 aliphatic heterocycles. The highest BCUT2D eigenvalue weighted by atomic mass is 35.5. The Morgan fingerprint density at radius 3 is 2.55 bits per heavy atom. The molecule has 1 aromatic carbocycles. The zero-order chi connectivity index (χ0) is 16.3. The summed E-state index contributed by atoms with van der Waals surface area (Å²) in [6.07, 6.45) is -0.0726. The summed E-state index contributed by atoms with van der Waals surface area (Å²) in [6, 6.07) is 4.49. The normalized spacial score (nSPS) is 21.5. The molecule has 7 heteroatoms. The highest BCUT2D eigenvalue weighted by Gasteiger charge is 2.26. The van der Waals surface area contributed by atoms with Gasteiger partial charge in [0.15, 0.2) is 6.61 Å². The van der Waals surface area contributed by atoms with Gasteiger partial charge < -0.3 is 14.4 Å². The van der Waals surface area contributed by atoms with Crippen LogP contribution >= 0.6 is 23.2 Å². The smallest absolute Gasteiger partial charge is 0.340 e. The van der Waals surface area contributed by atoms with Crippen LogP contribution in [-0.2, 0) is 14.3 Å². The molecule has 0 N–H and O–H groups in total. The summed E-state index contributed by atoms with van der Waals surface area (Å²) in [5.74, 6) is -0.927. The van der Waals surface area contributed by atoms with Crippen molar-refractivity contribution in [3.8, 4) is 0 Å². The molecule has 0 unspecified atom stereocenters. The lowest BCUT2D eigenvalue weighted by molar-refractivity contribution is -0.146. The number of nitrogens with zero attached hydrogens (tertiary/aromatic N) is 1. The van der Waals surface area contributed by atoms with E-state index >= 15 is 0 Å².